The minimum Gasteiger partial charge on any atom is -0.493 e. The van der Waals surface area contributed by atoms with Gasteiger partial charge >= 0.3 is 0 Å². The summed E-state index contributed by atoms with van der Waals surface area (Å²) in [7, 11) is 4.71. The SMILES string of the molecule is COc1cc2nc(-c3ccc(NC(=O)/C=C/c4ccc(F)cc4)cc3)sc2c(OC)c1OC. The summed E-state index contributed by atoms with van der Waals surface area (Å²) in [5.74, 6) is 1.05. The van der Waals surface area contributed by atoms with Gasteiger partial charge in [-0.25, -0.2) is 9.37 Å². The highest BCUT2D eigenvalue weighted by atomic mass is 32.1. The molecular formula is C25H21FN2O4S. The Kier molecular flexibility index (Phi) is 6.55. The van der Waals surface area contributed by atoms with Crippen LogP contribution in [0, 0.1) is 5.82 Å². The van der Waals surface area contributed by atoms with Crippen molar-refractivity contribution in [2.45, 2.75) is 0 Å². The van der Waals surface area contributed by atoms with Gasteiger partial charge in [-0.05, 0) is 48.0 Å². The normalized spacial score (nSPS) is 11.0. The third-order valence-corrected chi connectivity index (χ3v) is 6.00. The molecule has 0 spiro atoms. The molecular weight excluding hydrogens is 443 g/mol. The Labute approximate surface area is 194 Å². The van der Waals surface area contributed by atoms with Gasteiger partial charge < -0.3 is 19.5 Å². The topological polar surface area (TPSA) is 69.7 Å². The van der Waals surface area contributed by atoms with E-state index in [1.165, 1.54) is 29.5 Å². The van der Waals surface area contributed by atoms with E-state index in [0.717, 1.165) is 26.4 Å². The molecule has 0 saturated heterocycles. The maximum absolute atomic E-state index is 13.0. The first-order chi connectivity index (χ1) is 16.0. The van der Waals surface area contributed by atoms with E-state index in [0.29, 0.717) is 22.9 Å². The molecule has 0 unspecified atom stereocenters. The predicted molar refractivity (Wildman–Crippen MR) is 129 cm³/mol. The number of ether oxygens (including phenoxy) is 3. The Bertz CT molecular complexity index is 1320. The average molecular weight is 465 g/mol. The summed E-state index contributed by atoms with van der Waals surface area (Å²) in [5.41, 5.74) is 3.03. The summed E-state index contributed by atoms with van der Waals surface area (Å²) in [4.78, 5) is 16.9. The lowest BCUT2D eigenvalue weighted by atomic mass is 10.2. The number of thiazole rings is 1. The van der Waals surface area contributed by atoms with Crippen LogP contribution in [-0.2, 0) is 4.79 Å². The van der Waals surface area contributed by atoms with E-state index in [9.17, 15) is 9.18 Å². The van der Waals surface area contributed by atoms with E-state index in [-0.39, 0.29) is 11.7 Å². The van der Waals surface area contributed by atoms with Crippen molar-refractivity contribution in [1.82, 2.24) is 4.98 Å². The Morgan fingerprint density at radius 3 is 2.30 bits per heavy atom. The number of nitrogens with zero attached hydrogens (tertiary/aromatic N) is 1. The molecule has 0 fully saturated rings. The molecule has 168 valence electrons. The van der Waals surface area contributed by atoms with Crippen LogP contribution in [0.15, 0.2) is 60.7 Å². The molecule has 1 amide bonds. The van der Waals surface area contributed by atoms with Gasteiger partial charge in [0.05, 0.1) is 26.8 Å². The van der Waals surface area contributed by atoms with Crippen LogP contribution in [0.4, 0.5) is 10.1 Å². The van der Waals surface area contributed by atoms with E-state index in [1.54, 1.807) is 39.5 Å². The molecule has 3 aromatic carbocycles. The van der Waals surface area contributed by atoms with E-state index >= 15 is 0 Å². The van der Waals surface area contributed by atoms with Crippen LogP contribution >= 0.6 is 11.3 Å². The number of anilines is 1. The first kappa shape index (κ1) is 22.3. The van der Waals surface area contributed by atoms with Crippen LogP contribution in [0.25, 0.3) is 26.9 Å². The Balaban J connectivity index is 1.53. The fraction of sp³-hybridized carbons (Fsp3) is 0.120. The van der Waals surface area contributed by atoms with Crippen molar-refractivity contribution in [3.8, 4) is 27.8 Å². The second-order valence-corrected chi connectivity index (χ2v) is 7.96. The number of halogens is 1. The number of rotatable bonds is 7. The Hall–Kier alpha value is -3.91. The van der Waals surface area contributed by atoms with Crippen molar-refractivity contribution in [3.05, 3.63) is 72.1 Å². The van der Waals surface area contributed by atoms with Crippen molar-refractivity contribution in [2.75, 3.05) is 26.6 Å². The molecule has 0 aliphatic carbocycles. The van der Waals surface area contributed by atoms with Crippen molar-refractivity contribution in [1.29, 1.82) is 0 Å². The maximum Gasteiger partial charge on any atom is 0.248 e. The van der Waals surface area contributed by atoms with Gasteiger partial charge in [-0.1, -0.05) is 12.1 Å². The number of nitrogens with one attached hydrogen (secondary N) is 1. The molecule has 0 bridgehead atoms. The van der Waals surface area contributed by atoms with Crippen LogP contribution in [0.5, 0.6) is 17.2 Å². The van der Waals surface area contributed by atoms with E-state index in [2.05, 4.69) is 5.32 Å². The minimum absolute atomic E-state index is 0.281. The molecule has 4 rings (SSSR count). The Morgan fingerprint density at radius 1 is 0.970 bits per heavy atom. The highest BCUT2D eigenvalue weighted by molar-refractivity contribution is 7.22. The summed E-state index contributed by atoms with van der Waals surface area (Å²) in [6.07, 6.45) is 3.03. The second kappa shape index (κ2) is 9.70. The number of methoxy groups -OCH3 is 3. The number of carbonyl (C=O) groups excluding carboxylic acids is 1. The highest BCUT2D eigenvalue weighted by Gasteiger charge is 2.20. The zero-order valence-corrected chi connectivity index (χ0v) is 19.0. The summed E-state index contributed by atoms with van der Waals surface area (Å²) in [5, 5.41) is 3.61. The molecule has 1 N–H and O–H groups in total. The van der Waals surface area contributed by atoms with Crippen molar-refractivity contribution in [2.24, 2.45) is 0 Å². The molecule has 6 nitrogen and oxygen atoms in total. The maximum atomic E-state index is 13.0. The summed E-state index contributed by atoms with van der Waals surface area (Å²) in [6, 6.07) is 15.1. The summed E-state index contributed by atoms with van der Waals surface area (Å²) < 4.78 is 30.2. The quantitative estimate of drug-likeness (QED) is 0.351. The molecule has 1 aromatic heterocycles. The van der Waals surface area contributed by atoms with E-state index in [4.69, 9.17) is 19.2 Å². The number of fused-ring (bicyclic) bond motifs is 1. The lowest BCUT2D eigenvalue weighted by molar-refractivity contribution is -0.111. The molecule has 4 aromatic rings. The lowest BCUT2D eigenvalue weighted by Gasteiger charge is -2.11. The van der Waals surface area contributed by atoms with Gasteiger partial charge in [-0.15, -0.1) is 11.3 Å². The molecule has 8 heteroatoms. The fourth-order valence-electron chi connectivity index (χ4n) is 3.28. The monoisotopic (exact) mass is 464 g/mol. The Morgan fingerprint density at radius 2 is 1.67 bits per heavy atom. The van der Waals surface area contributed by atoms with Gasteiger partial charge in [-0.2, -0.15) is 0 Å². The van der Waals surface area contributed by atoms with E-state index < -0.39 is 0 Å². The molecule has 0 aliphatic heterocycles. The van der Waals surface area contributed by atoms with Gasteiger partial charge in [0.1, 0.15) is 15.5 Å². The predicted octanol–water partition coefficient (Wildman–Crippen LogP) is 5.78. The molecule has 1 heterocycles. The molecule has 33 heavy (non-hydrogen) atoms. The average Bonchev–Trinajstić information content (AvgIpc) is 3.26. The zero-order chi connectivity index (χ0) is 23.4. The van der Waals surface area contributed by atoms with Crippen molar-refractivity contribution < 1.29 is 23.4 Å². The van der Waals surface area contributed by atoms with Gasteiger partial charge in [0.25, 0.3) is 0 Å². The third-order valence-electron chi connectivity index (χ3n) is 4.88. The number of hydrogen-bond donors (Lipinski definition) is 1. The van der Waals surface area contributed by atoms with Crippen LogP contribution in [-0.4, -0.2) is 32.2 Å². The first-order valence-corrected chi connectivity index (χ1v) is 10.8. The van der Waals surface area contributed by atoms with Crippen LogP contribution in [0.1, 0.15) is 5.56 Å². The van der Waals surface area contributed by atoms with E-state index in [1.807, 2.05) is 30.3 Å². The van der Waals surface area contributed by atoms with Crippen molar-refractivity contribution in [3.63, 3.8) is 0 Å². The molecule has 0 radical (unpaired) electrons. The standard InChI is InChI=1S/C25H21FN2O4S/c1-30-20-14-19-24(23(32-3)22(20)31-2)33-25(28-19)16-7-11-18(12-8-16)27-21(29)13-6-15-4-9-17(26)10-5-15/h4-14H,1-3H3,(H,27,29)/b13-6+. The number of amides is 1. The molecule has 0 atom stereocenters. The fourth-order valence-corrected chi connectivity index (χ4v) is 4.35. The summed E-state index contributed by atoms with van der Waals surface area (Å²) in [6.45, 7) is 0. The number of hydrogen-bond acceptors (Lipinski definition) is 6. The van der Waals surface area contributed by atoms with Crippen molar-refractivity contribution >= 4 is 39.2 Å². The van der Waals surface area contributed by atoms with Gasteiger partial charge in [-0.3, -0.25) is 4.79 Å². The van der Waals surface area contributed by atoms with Gasteiger partial charge in [0.15, 0.2) is 11.5 Å². The summed E-state index contributed by atoms with van der Waals surface area (Å²) >= 11 is 1.48. The second-order valence-electron chi connectivity index (χ2n) is 6.96. The smallest absolute Gasteiger partial charge is 0.248 e. The number of carbonyl (C=O) groups is 1. The largest absolute Gasteiger partial charge is 0.493 e. The third kappa shape index (κ3) is 4.80. The zero-order valence-electron chi connectivity index (χ0n) is 18.2. The first-order valence-electron chi connectivity index (χ1n) is 9.97. The molecule has 0 saturated carbocycles. The lowest BCUT2D eigenvalue weighted by Crippen LogP contribution is -2.07. The number of aromatic nitrogens is 1. The van der Waals surface area contributed by atoms with Crippen LogP contribution in [0.3, 0.4) is 0 Å². The van der Waals surface area contributed by atoms with Gasteiger partial charge in [0.2, 0.25) is 11.7 Å². The highest BCUT2D eigenvalue weighted by Crippen LogP contribution is 2.46. The minimum atomic E-state index is -0.318. The number of benzene rings is 3. The van der Waals surface area contributed by atoms with Gasteiger partial charge in [0, 0.05) is 23.4 Å². The molecule has 0 aliphatic rings. The van der Waals surface area contributed by atoms with Crippen LogP contribution < -0.4 is 19.5 Å². The van der Waals surface area contributed by atoms with Crippen LogP contribution in [0.2, 0.25) is 0 Å².